The number of hydrogen-bond donors (Lipinski definition) is 2. The van der Waals surface area contributed by atoms with Crippen molar-refractivity contribution >= 4 is 28.7 Å². The van der Waals surface area contributed by atoms with Crippen molar-refractivity contribution in [2.45, 2.75) is 13.8 Å². The molecule has 0 aliphatic carbocycles. The number of anilines is 2. The van der Waals surface area contributed by atoms with Gasteiger partial charge in [0, 0.05) is 11.9 Å². The SMILES string of the molecule is Cc1cncc(Nc2nc(C)ccc2C(N)=S)c1. The van der Waals surface area contributed by atoms with Crippen LogP contribution in [0.2, 0.25) is 0 Å². The van der Waals surface area contributed by atoms with E-state index in [0.717, 1.165) is 22.5 Å². The van der Waals surface area contributed by atoms with Crippen LogP contribution in [0.3, 0.4) is 0 Å². The van der Waals surface area contributed by atoms with Crippen molar-refractivity contribution in [1.82, 2.24) is 9.97 Å². The minimum Gasteiger partial charge on any atom is -0.389 e. The van der Waals surface area contributed by atoms with Crippen LogP contribution in [0.25, 0.3) is 0 Å². The molecule has 0 bridgehead atoms. The van der Waals surface area contributed by atoms with Gasteiger partial charge in [-0.3, -0.25) is 4.98 Å². The van der Waals surface area contributed by atoms with Gasteiger partial charge in [0.25, 0.3) is 0 Å². The van der Waals surface area contributed by atoms with Gasteiger partial charge in [0.05, 0.1) is 17.4 Å². The fraction of sp³-hybridized carbons (Fsp3) is 0.154. The first-order chi connectivity index (χ1) is 8.56. The summed E-state index contributed by atoms with van der Waals surface area (Å²) < 4.78 is 0. The third-order valence-corrected chi connectivity index (χ3v) is 2.66. The highest BCUT2D eigenvalue weighted by Gasteiger charge is 2.07. The molecule has 5 heteroatoms. The molecule has 2 rings (SSSR count). The number of nitrogens with one attached hydrogen (secondary N) is 1. The number of aromatic nitrogens is 2. The molecule has 2 aromatic heterocycles. The Balaban J connectivity index is 2.39. The van der Waals surface area contributed by atoms with Crippen molar-refractivity contribution in [2.24, 2.45) is 5.73 Å². The Hall–Kier alpha value is -2.01. The Morgan fingerprint density at radius 1 is 1.28 bits per heavy atom. The summed E-state index contributed by atoms with van der Waals surface area (Å²) in [6, 6.07) is 5.74. The van der Waals surface area contributed by atoms with E-state index in [-0.39, 0.29) is 0 Å². The molecule has 0 amide bonds. The van der Waals surface area contributed by atoms with Crippen LogP contribution in [0.15, 0.2) is 30.6 Å². The van der Waals surface area contributed by atoms with Crippen LogP contribution in [0, 0.1) is 13.8 Å². The molecule has 4 nitrogen and oxygen atoms in total. The van der Waals surface area contributed by atoms with E-state index in [1.807, 2.05) is 32.0 Å². The first kappa shape index (κ1) is 12.4. The standard InChI is InChI=1S/C13H14N4S/c1-8-5-10(7-15-6-8)17-13-11(12(14)18)4-3-9(2)16-13/h3-7H,1-2H3,(H2,14,18)(H,16,17). The molecule has 0 fully saturated rings. The molecular formula is C13H14N4S. The van der Waals surface area contributed by atoms with Crippen LogP contribution in [0.1, 0.15) is 16.8 Å². The summed E-state index contributed by atoms with van der Waals surface area (Å²) in [5, 5.41) is 3.19. The van der Waals surface area contributed by atoms with Crippen molar-refractivity contribution in [1.29, 1.82) is 0 Å². The van der Waals surface area contributed by atoms with E-state index in [1.165, 1.54) is 0 Å². The number of pyridine rings is 2. The van der Waals surface area contributed by atoms with Crippen molar-refractivity contribution in [3.63, 3.8) is 0 Å². The van der Waals surface area contributed by atoms with Gasteiger partial charge in [0.1, 0.15) is 10.8 Å². The molecular weight excluding hydrogens is 244 g/mol. The molecule has 0 radical (unpaired) electrons. The Morgan fingerprint density at radius 3 is 2.72 bits per heavy atom. The lowest BCUT2D eigenvalue weighted by Gasteiger charge is -2.11. The van der Waals surface area contributed by atoms with Gasteiger partial charge in [0.2, 0.25) is 0 Å². The van der Waals surface area contributed by atoms with E-state index < -0.39 is 0 Å². The number of nitrogens with two attached hydrogens (primary N) is 1. The molecule has 0 saturated carbocycles. The van der Waals surface area contributed by atoms with E-state index in [4.69, 9.17) is 18.0 Å². The van der Waals surface area contributed by atoms with E-state index >= 15 is 0 Å². The Bertz CT molecular complexity index is 595. The largest absolute Gasteiger partial charge is 0.389 e. The summed E-state index contributed by atoms with van der Waals surface area (Å²) in [7, 11) is 0. The van der Waals surface area contributed by atoms with Gasteiger partial charge in [-0.05, 0) is 37.6 Å². The van der Waals surface area contributed by atoms with E-state index in [2.05, 4.69) is 15.3 Å². The van der Waals surface area contributed by atoms with Crippen molar-refractivity contribution in [2.75, 3.05) is 5.32 Å². The number of rotatable bonds is 3. The van der Waals surface area contributed by atoms with Gasteiger partial charge in [-0.15, -0.1) is 0 Å². The second-order valence-corrected chi connectivity index (χ2v) is 4.53. The van der Waals surface area contributed by atoms with Gasteiger partial charge in [-0.1, -0.05) is 12.2 Å². The van der Waals surface area contributed by atoms with Gasteiger partial charge >= 0.3 is 0 Å². The highest BCUT2D eigenvalue weighted by Crippen LogP contribution is 2.19. The molecule has 0 aliphatic heterocycles. The van der Waals surface area contributed by atoms with Crippen LogP contribution in [0.5, 0.6) is 0 Å². The van der Waals surface area contributed by atoms with Crippen molar-refractivity contribution in [3.8, 4) is 0 Å². The van der Waals surface area contributed by atoms with Crippen LogP contribution < -0.4 is 11.1 Å². The minimum absolute atomic E-state index is 0.325. The van der Waals surface area contributed by atoms with Gasteiger partial charge < -0.3 is 11.1 Å². The summed E-state index contributed by atoms with van der Waals surface area (Å²) in [5.74, 6) is 0.662. The topological polar surface area (TPSA) is 63.8 Å². The molecule has 0 aromatic carbocycles. The summed E-state index contributed by atoms with van der Waals surface area (Å²) >= 11 is 5.02. The Morgan fingerprint density at radius 2 is 2.06 bits per heavy atom. The molecule has 3 N–H and O–H groups in total. The maximum Gasteiger partial charge on any atom is 0.140 e. The zero-order valence-electron chi connectivity index (χ0n) is 10.3. The average molecular weight is 258 g/mol. The van der Waals surface area contributed by atoms with Gasteiger partial charge in [0.15, 0.2) is 0 Å². The minimum atomic E-state index is 0.325. The molecule has 2 aromatic rings. The van der Waals surface area contributed by atoms with Crippen LogP contribution in [-0.4, -0.2) is 15.0 Å². The Kier molecular flexibility index (Phi) is 3.53. The number of aryl methyl sites for hydroxylation is 2. The van der Waals surface area contributed by atoms with Crippen molar-refractivity contribution in [3.05, 3.63) is 47.4 Å². The normalized spacial score (nSPS) is 10.1. The molecule has 0 spiro atoms. The molecule has 0 saturated heterocycles. The Labute approximate surface area is 111 Å². The van der Waals surface area contributed by atoms with Gasteiger partial charge in [-0.25, -0.2) is 4.98 Å². The molecule has 2 heterocycles. The predicted octanol–water partition coefficient (Wildman–Crippen LogP) is 2.47. The molecule has 92 valence electrons. The summed E-state index contributed by atoms with van der Waals surface area (Å²) in [6.07, 6.45) is 3.53. The smallest absolute Gasteiger partial charge is 0.140 e. The number of thiocarbonyl (C=S) groups is 1. The van der Waals surface area contributed by atoms with Crippen LogP contribution in [0.4, 0.5) is 11.5 Å². The van der Waals surface area contributed by atoms with Gasteiger partial charge in [-0.2, -0.15) is 0 Å². The fourth-order valence-corrected chi connectivity index (χ4v) is 1.78. The average Bonchev–Trinajstić information content (AvgIpc) is 2.28. The quantitative estimate of drug-likeness (QED) is 0.828. The maximum absolute atomic E-state index is 5.68. The van der Waals surface area contributed by atoms with Crippen LogP contribution >= 0.6 is 12.2 Å². The zero-order valence-corrected chi connectivity index (χ0v) is 11.1. The summed E-state index contributed by atoms with van der Waals surface area (Å²) in [4.78, 5) is 8.86. The first-order valence-electron chi connectivity index (χ1n) is 5.52. The van der Waals surface area contributed by atoms with Crippen molar-refractivity contribution < 1.29 is 0 Å². The summed E-state index contributed by atoms with van der Waals surface area (Å²) in [5.41, 5.74) is 9.26. The molecule has 0 aliphatic rings. The van der Waals surface area contributed by atoms with Crippen LogP contribution in [-0.2, 0) is 0 Å². The second kappa shape index (κ2) is 5.10. The predicted molar refractivity (Wildman–Crippen MR) is 77.1 cm³/mol. The number of hydrogen-bond acceptors (Lipinski definition) is 4. The summed E-state index contributed by atoms with van der Waals surface area (Å²) in [6.45, 7) is 3.90. The molecule has 0 atom stereocenters. The lowest BCUT2D eigenvalue weighted by molar-refractivity contribution is 1.18. The molecule has 18 heavy (non-hydrogen) atoms. The van der Waals surface area contributed by atoms with E-state index in [0.29, 0.717) is 10.8 Å². The fourth-order valence-electron chi connectivity index (χ4n) is 1.61. The third kappa shape index (κ3) is 2.81. The highest BCUT2D eigenvalue weighted by atomic mass is 32.1. The third-order valence-electron chi connectivity index (χ3n) is 2.44. The lowest BCUT2D eigenvalue weighted by atomic mass is 10.2. The lowest BCUT2D eigenvalue weighted by Crippen LogP contribution is -2.13. The maximum atomic E-state index is 5.68. The monoisotopic (exact) mass is 258 g/mol. The number of nitrogens with zero attached hydrogens (tertiary/aromatic N) is 2. The first-order valence-corrected chi connectivity index (χ1v) is 5.93. The highest BCUT2D eigenvalue weighted by molar-refractivity contribution is 7.80. The van der Waals surface area contributed by atoms with E-state index in [9.17, 15) is 0 Å². The molecule has 0 unspecified atom stereocenters. The second-order valence-electron chi connectivity index (χ2n) is 4.09. The zero-order chi connectivity index (χ0) is 13.1. The van der Waals surface area contributed by atoms with E-state index in [1.54, 1.807) is 12.4 Å².